The van der Waals surface area contributed by atoms with Crippen molar-refractivity contribution in [3.8, 4) is 5.75 Å². The molecule has 0 radical (unpaired) electrons. The second-order valence-corrected chi connectivity index (χ2v) is 5.47. The summed E-state index contributed by atoms with van der Waals surface area (Å²) in [5.41, 5.74) is 0.385. The fourth-order valence-corrected chi connectivity index (χ4v) is 2.41. The highest BCUT2D eigenvalue weighted by molar-refractivity contribution is 5.90. The molecule has 1 aromatic carbocycles. The summed E-state index contributed by atoms with van der Waals surface area (Å²) in [5, 5.41) is 56.6. The van der Waals surface area contributed by atoms with Gasteiger partial charge in [0.25, 0.3) is 0 Å². The van der Waals surface area contributed by atoms with Gasteiger partial charge in [-0.25, -0.2) is 4.79 Å². The number of phenols is 1. The van der Waals surface area contributed by atoms with Crippen molar-refractivity contribution in [1.82, 2.24) is 0 Å². The predicted octanol–water partition coefficient (Wildman–Crippen LogP) is -1.55. The Morgan fingerprint density at radius 3 is 2.46 bits per heavy atom. The van der Waals surface area contributed by atoms with Crippen LogP contribution in [0.25, 0.3) is 0 Å². The highest BCUT2D eigenvalue weighted by Gasteiger charge is 2.43. The number of ether oxygens (including phenoxy) is 2. The van der Waals surface area contributed by atoms with Gasteiger partial charge in [-0.2, -0.15) is 0 Å². The molecule has 0 aromatic heterocycles. The van der Waals surface area contributed by atoms with E-state index in [4.69, 9.17) is 19.7 Å². The Kier molecular flexibility index (Phi) is 6.10. The summed E-state index contributed by atoms with van der Waals surface area (Å²) in [6.45, 7) is -0.510. The lowest BCUT2D eigenvalue weighted by Crippen LogP contribution is -2.59. The standard InChI is InChI=1S/C15H20O9/c16-6-10-11(18)12(19)13(20)15(24-10)23-4-3-7-1-2-8(14(21)22)9(17)5-7/h1-2,5,10-13,15-20H,3-4,6H2,(H,21,22)/t10-,11-,12+,13-,15-/m1/s1. The first-order chi connectivity index (χ1) is 11.3. The molecule has 2 rings (SSSR count). The van der Waals surface area contributed by atoms with Gasteiger partial charge in [0.1, 0.15) is 35.7 Å². The number of rotatable bonds is 6. The molecular weight excluding hydrogens is 324 g/mol. The van der Waals surface area contributed by atoms with Gasteiger partial charge in [-0.15, -0.1) is 0 Å². The molecule has 6 N–H and O–H groups in total. The van der Waals surface area contributed by atoms with Crippen LogP contribution in [0.2, 0.25) is 0 Å². The minimum absolute atomic E-state index is 0.0363. The average Bonchev–Trinajstić information content (AvgIpc) is 2.54. The van der Waals surface area contributed by atoms with Crippen LogP contribution in [-0.2, 0) is 15.9 Å². The molecule has 0 unspecified atom stereocenters. The van der Waals surface area contributed by atoms with Crippen LogP contribution in [0.15, 0.2) is 18.2 Å². The predicted molar refractivity (Wildman–Crippen MR) is 78.5 cm³/mol. The van der Waals surface area contributed by atoms with Crippen molar-refractivity contribution in [2.75, 3.05) is 13.2 Å². The van der Waals surface area contributed by atoms with E-state index in [2.05, 4.69) is 0 Å². The minimum atomic E-state index is -1.51. The molecule has 1 aliphatic rings. The number of aliphatic hydroxyl groups excluding tert-OH is 4. The molecule has 9 heteroatoms. The molecule has 0 spiro atoms. The van der Waals surface area contributed by atoms with Crippen LogP contribution in [0, 0.1) is 0 Å². The summed E-state index contributed by atoms with van der Waals surface area (Å²) in [6, 6.07) is 4.07. The van der Waals surface area contributed by atoms with E-state index < -0.39 is 43.3 Å². The van der Waals surface area contributed by atoms with E-state index in [9.17, 15) is 25.2 Å². The molecule has 1 aromatic rings. The highest BCUT2D eigenvalue weighted by atomic mass is 16.7. The number of aromatic carboxylic acids is 1. The molecule has 1 fully saturated rings. The summed E-state index contributed by atoms with van der Waals surface area (Å²) in [5.74, 6) is -1.61. The zero-order valence-electron chi connectivity index (χ0n) is 12.6. The van der Waals surface area contributed by atoms with Gasteiger partial charge in [0.05, 0.1) is 13.2 Å². The first-order valence-electron chi connectivity index (χ1n) is 7.32. The molecule has 0 amide bonds. The number of benzene rings is 1. The molecule has 5 atom stereocenters. The molecule has 1 saturated heterocycles. The molecule has 24 heavy (non-hydrogen) atoms. The van der Waals surface area contributed by atoms with E-state index >= 15 is 0 Å². The summed E-state index contributed by atoms with van der Waals surface area (Å²) in [4.78, 5) is 10.8. The van der Waals surface area contributed by atoms with Crippen LogP contribution in [0.1, 0.15) is 15.9 Å². The van der Waals surface area contributed by atoms with Crippen molar-refractivity contribution in [3.05, 3.63) is 29.3 Å². The lowest BCUT2D eigenvalue weighted by atomic mass is 9.99. The van der Waals surface area contributed by atoms with Crippen LogP contribution >= 0.6 is 0 Å². The van der Waals surface area contributed by atoms with Crippen molar-refractivity contribution in [2.24, 2.45) is 0 Å². The fourth-order valence-electron chi connectivity index (χ4n) is 2.41. The van der Waals surface area contributed by atoms with Crippen molar-refractivity contribution in [1.29, 1.82) is 0 Å². The smallest absolute Gasteiger partial charge is 0.339 e. The Hall–Kier alpha value is -1.75. The summed E-state index contributed by atoms with van der Waals surface area (Å²) in [7, 11) is 0. The molecule has 1 aliphatic heterocycles. The van der Waals surface area contributed by atoms with Crippen molar-refractivity contribution >= 4 is 5.97 Å². The number of aromatic hydroxyl groups is 1. The van der Waals surface area contributed by atoms with E-state index in [1.165, 1.54) is 18.2 Å². The van der Waals surface area contributed by atoms with Crippen molar-refractivity contribution in [2.45, 2.75) is 37.1 Å². The minimum Gasteiger partial charge on any atom is -0.507 e. The van der Waals surface area contributed by atoms with Gasteiger partial charge in [-0.1, -0.05) is 6.07 Å². The normalized spacial score (nSPS) is 30.2. The molecular formula is C15H20O9. The van der Waals surface area contributed by atoms with Crippen LogP contribution in [0.5, 0.6) is 5.75 Å². The van der Waals surface area contributed by atoms with Gasteiger partial charge in [-0.3, -0.25) is 0 Å². The van der Waals surface area contributed by atoms with Crippen molar-refractivity contribution < 1.29 is 44.9 Å². The zero-order valence-corrected chi connectivity index (χ0v) is 12.6. The summed E-state index contributed by atoms with van der Waals surface area (Å²) < 4.78 is 10.5. The van der Waals surface area contributed by atoms with E-state index in [0.29, 0.717) is 5.56 Å². The zero-order chi connectivity index (χ0) is 17.9. The fraction of sp³-hybridized carbons (Fsp3) is 0.533. The van der Waals surface area contributed by atoms with Gasteiger partial charge in [0.15, 0.2) is 6.29 Å². The first-order valence-corrected chi connectivity index (χ1v) is 7.32. The van der Waals surface area contributed by atoms with Crippen LogP contribution in [0.3, 0.4) is 0 Å². The third kappa shape index (κ3) is 4.01. The Morgan fingerprint density at radius 1 is 1.17 bits per heavy atom. The third-order valence-corrected chi connectivity index (χ3v) is 3.81. The SMILES string of the molecule is O=C(O)c1ccc(CCO[C@@H]2O[C@H](CO)[C@@H](O)[C@H](O)[C@H]2O)cc1O. The maximum atomic E-state index is 10.8. The van der Waals surface area contributed by atoms with E-state index in [0.717, 1.165) is 0 Å². The number of carboxylic acid groups (broad SMARTS) is 1. The molecule has 134 valence electrons. The Morgan fingerprint density at radius 2 is 1.88 bits per heavy atom. The maximum Gasteiger partial charge on any atom is 0.339 e. The summed E-state index contributed by atoms with van der Waals surface area (Å²) in [6.07, 6.45) is -6.45. The van der Waals surface area contributed by atoms with Gasteiger partial charge >= 0.3 is 5.97 Å². The van der Waals surface area contributed by atoms with Gasteiger partial charge in [-0.05, 0) is 24.1 Å². The van der Waals surface area contributed by atoms with Gasteiger partial charge < -0.3 is 40.1 Å². The monoisotopic (exact) mass is 344 g/mol. The van der Waals surface area contributed by atoms with Gasteiger partial charge in [0.2, 0.25) is 0 Å². The second kappa shape index (κ2) is 7.88. The number of carboxylic acids is 1. The topological polar surface area (TPSA) is 157 Å². The number of hydrogen-bond donors (Lipinski definition) is 6. The van der Waals surface area contributed by atoms with E-state index in [-0.39, 0.29) is 24.3 Å². The Balaban J connectivity index is 1.91. The lowest BCUT2D eigenvalue weighted by molar-refractivity contribution is -0.300. The number of aliphatic hydroxyl groups is 4. The van der Waals surface area contributed by atoms with Crippen LogP contribution < -0.4 is 0 Å². The number of carbonyl (C=O) groups is 1. The van der Waals surface area contributed by atoms with E-state index in [1.807, 2.05) is 0 Å². The quantitative estimate of drug-likeness (QED) is 0.359. The molecule has 0 aliphatic carbocycles. The molecule has 1 heterocycles. The average molecular weight is 344 g/mol. The number of hydrogen-bond acceptors (Lipinski definition) is 8. The molecule has 0 saturated carbocycles. The second-order valence-electron chi connectivity index (χ2n) is 5.47. The maximum absolute atomic E-state index is 10.8. The lowest BCUT2D eigenvalue weighted by Gasteiger charge is -2.39. The van der Waals surface area contributed by atoms with Crippen LogP contribution in [-0.4, -0.2) is 80.5 Å². The van der Waals surface area contributed by atoms with E-state index in [1.54, 1.807) is 0 Å². The van der Waals surface area contributed by atoms with Crippen molar-refractivity contribution in [3.63, 3.8) is 0 Å². The van der Waals surface area contributed by atoms with Gasteiger partial charge in [0, 0.05) is 0 Å². The third-order valence-electron chi connectivity index (χ3n) is 3.81. The Labute approximate surface area is 137 Å². The highest BCUT2D eigenvalue weighted by Crippen LogP contribution is 2.23. The molecule has 9 nitrogen and oxygen atoms in total. The first kappa shape index (κ1) is 18.6. The largest absolute Gasteiger partial charge is 0.507 e. The van der Waals surface area contributed by atoms with Crippen LogP contribution in [0.4, 0.5) is 0 Å². The molecule has 0 bridgehead atoms. The Bertz CT molecular complexity index is 574. The summed E-state index contributed by atoms with van der Waals surface area (Å²) >= 11 is 0.